The third-order valence-electron chi connectivity index (χ3n) is 10.3. The van der Waals surface area contributed by atoms with Crippen LogP contribution < -0.4 is 20.9 Å². The molecule has 6 rings (SSSR count). The number of aliphatic hydroxyl groups is 5. The van der Waals surface area contributed by atoms with E-state index in [0.717, 1.165) is 18.6 Å². The van der Waals surface area contributed by atoms with E-state index in [2.05, 4.69) is 0 Å². The predicted octanol–water partition coefficient (Wildman–Crippen LogP) is 2.21. The zero-order valence-electron chi connectivity index (χ0n) is 31.6. The maximum Gasteiger partial charge on any atom is 0.308 e. The Morgan fingerprint density at radius 3 is 2.29 bits per heavy atom. The van der Waals surface area contributed by atoms with Crippen molar-refractivity contribution in [2.24, 2.45) is 11.5 Å². The smallest absolute Gasteiger partial charge is 0.308 e. The summed E-state index contributed by atoms with van der Waals surface area (Å²) in [6.07, 6.45) is -4.31. The lowest BCUT2D eigenvalue weighted by Crippen LogP contribution is -2.58. The van der Waals surface area contributed by atoms with E-state index >= 15 is 0 Å². The number of nitrogens with two attached hydrogens (primary N) is 2. The van der Waals surface area contributed by atoms with Crippen LogP contribution in [0.1, 0.15) is 108 Å². The summed E-state index contributed by atoms with van der Waals surface area (Å²) < 4.78 is 17.3. The number of phenols is 1. The average molecular weight is 797 g/mol. The zero-order valence-corrected chi connectivity index (χ0v) is 31.6. The number of aryl methyl sites for hydroxylation is 1. The highest BCUT2D eigenvalue weighted by Crippen LogP contribution is 2.45. The second kappa shape index (κ2) is 17.5. The van der Waals surface area contributed by atoms with Gasteiger partial charge in [0.2, 0.25) is 6.29 Å². The number of hydrogen-bond acceptors (Lipinski definition) is 15. The summed E-state index contributed by atoms with van der Waals surface area (Å²) in [6, 6.07) is 14.4. The Morgan fingerprint density at radius 1 is 0.879 bits per heavy atom. The summed E-state index contributed by atoms with van der Waals surface area (Å²) >= 11 is 0. The molecule has 2 aliphatic rings. The number of esters is 1. The molecule has 0 saturated carbocycles. The number of ketones is 2. The van der Waals surface area contributed by atoms with Crippen LogP contribution in [0, 0.1) is 0 Å². The molecule has 0 bridgehead atoms. The molecule has 1 aliphatic heterocycles. The van der Waals surface area contributed by atoms with E-state index in [9.17, 15) is 49.8 Å². The molecule has 1 fully saturated rings. The van der Waals surface area contributed by atoms with E-state index in [0.29, 0.717) is 24.7 Å². The maximum absolute atomic E-state index is 14.8. The molecular weight excluding hydrogens is 752 g/mol. The number of rotatable bonds is 13. The van der Waals surface area contributed by atoms with Crippen LogP contribution in [0.15, 0.2) is 54.6 Å². The molecule has 0 radical (unpaired) electrons. The number of aldehydes is 1. The Morgan fingerprint density at radius 2 is 1.62 bits per heavy atom. The number of carbonyl (C=O) groups excluding carboxylic acids is 4. The minimum absolute atomic E-state index is 0.00495. The van der Waals surface area contributed by atoms with E-state index < -0.39 is 72.3 Å². The molecule has 1 heterocycles. The first-order valence-corrected chi connectivity index (χ1v) is 18.5. The maximum atomic E-state index is 14.8. The lowest BCUT2D eigenvalue weighted by molar-refractivity contribution is -0.268. The summed E-state index contributed by atoms with van der Waals surface area (Å²) in [5.41, 5.74) is 12.6. The van der Waals surface area contributed by atoms with Gasteiger partial charge in [0.05, 0.1) is 24.4 Å². The Balaban J connectivity index is 1.57. The molecule has 0 aromatic heterocycles. The summed E-state index contributed by atoms with van der Waals surface area (Å²) in [5.74, 6) is -3.63. The van der Waals surface area contributed by atoms with Gasteiger partial charge in [0.1, 0.15) is 35.6 Å². The van der Waals surface area contributed by atoms with Crippen molar-refractivity contribution in [3.8, 4) is 17.2 Å². The molecule has 4 aromatic rings. The number of ether oxygens (including phenoxy) is 3. The Hall–Kier alpha value is -5.62. The molecule has 1 saturated heterocycles. The van der Waals surface area contributed by atoms with Gasteiger partial charge in [-0.2, -0.15) is 0 Å². The molecule has 1 aliphatic carbocycles. The van der Waals surface area contributed by atoms with Crippen LogP contribution >= 0.6 is 0 Å². The third-order valence-corrected chi connectivity index (χ3v) is 10.3. The molecule has 58 heavy (non-hydrogen) atoms. The third kappa shape index (κ3) is 8.07. The van der Waals surface area contributed by atoms with Gasteiger partial charge in [-0.05, 0) is 65.8 Å². The molecule has 15 nitrogen and oxygen atoms in total. The van der Waals surface area contributed by atoms with Crippen LogP contribution in [0.3, 0.4) is 0 Å². The number of fused-ring (bicyclic) bond motifs is 2. The first-order valence-electron chi connectivity index (χ1n) is 18.5. The van der Waals surface area contributed by atoms with E-state index in [-0.39, 0.29) is 74.6 Å². The van der Waals surface area contributed by atoms with Gasteiger partial charge in [-0.15, -0.1) is 0 Å². The number of carbonyl (C=O) groups is 4. The van der Waals surface area contributed by atoms with Gasteiger partial charge >= 0.3 is 5.97 Å². The summed E-state index contributed by atoms with van der Waals surface area (Å²) in [7, 11) is 0. The zero-order chi connectivity index (χ0) is 42.0. The lowest BCUT2D eigenvalue weighted by Gasteiger charge is -2.39. The second-order valence-corrected chi connectivity index (χ2v) is 14.2. The minimum Gasteiger partial charge on any atom is -0.507 e. The van der Waals surface area contributed by atoms with Gasteiger partial charge < -0.3 is 56.3 Å². The number of benzene rings is 4. The first kappa shape index (κ1) is 42.0. The molecule has 4 aromatic carbocycles. The van der Waals surface area contributed by atoms with Gasteiger partial charge in [-0.25, -0.2) is 0 Å². The van der Waals surface area contributed by atoms with Crippen molar-refractivity contribution in [3.63, 3.8) is 0 Å². The highest BCUT2D eigenvalue weighted by atomic mass is 16.7. The standard InChI is InChI=1S/C43H44N2O13/c1-20-36(50)40(54)41(55)43(56-20)58-32-17-29-35(37(51)28(32)15-24-9-4-10-26(42(44)45)30(24)19-48)39(53)33-25(18-47)16-31(57-21(2)49)27(34(33)38(29)52)12-11-23-7-3-6-22(14-23)8-5-13-46/h3-4,6-7,9-12,14,16-17,19-20,36,40-43,46-47,50-51,54-55H,5,8,13,15,18,44-45H2,1-2H3/t20-,36-,40-,41-,43-/m1/s1. The van der Waals surface area contributed by atoms with E-state index in [1.807, 2.05) is 18.2 Å². The van der Waals surface area contributed by atoms with Crippen molar-refractivity contribution < 1.29 is 64.0 Å². The van der Waals surface area contributed by atoms with Gasteiger partial charge in [0.15, 0.2) is 17.9 Å². The monoisotopic (exact) mass is 796 g/mol. The van der Waals surface area contributed by atoms with Gasteiger partial charge in [-0.1, -0.05) is 48.5 Å². The van der Waals surface area contributed by atoms with Crippen LogP contribution in [-0.4, -0.2) is 91.8 Å². The van der Waals surface area contributed by atoms with Crippen LogP contribution in [-0.2, 0) is 29.0 Å². The van der Waals surface area contributed by atoms with Crippen LogP contribution in [0.2, 0.25) is 0 Å². The van der Waals surface area contributed by atoms with Crippen LogP contribution in [0.25, 0.3) is 12.2 Å². The highest BCUT2D eigenvalue weighted by molar-refractivity contribution is 6.31. The number of aromatic hydroxyl groups is 1. The van der Waals surface area contributed by atoms with Crippen molar-refractivity contribution in [2.45, 2.75) is 76.6 Å². The minimum atomic E-state index is -1.82. The fraction of sp³-hybridized carbons (Fsp3) is 0.302. The van der Waals surface area contributed by atoms with E-state index in [1.165, 1.54) is 19.1 Å². The Kier molecular flexibility index (Phi) is 12.7. The molecule has 15 heteroatoms. The van der Waals surface area contributed by atoms with Crippen molar-refractivity contribution in [2.75, 3.05) is 6.61 Å². The molecule has 304 valence electrons. The van der Waals surface area contributed by atoms with Crippen LogP contribution in [0.4, 0.5) is 0 Å². The van der Waals surface area contributed by atoms with E-state index in [1.54, 1.807) is 30.3 Å². The van der Waals surface area contributed by atoms with Crippen molar-refractivity contribution in [1.29, 1.82) is 0 Å². The van der Waals surface area contributed by atoms with Gasteiger partial charge in [0, 0.05) is 53.3 Å². The summed E-state index contributed by atoms with van der Waals surface area (Å²) in [4.78, 5) is 54.2. The predicted molar refractivity (Wildman–Crippen MR) is 208 cm³/mol. The molecule has 0 amide bonds. The topological polar surface area (TPSA) is 269 Å². The molecular formula is C43H44N2O13. The molecule has 0 spiro atoms. The highest BCUT2D eigenvalue weighted by Gasteiger charge is 2.44. The summed E-state index contributed by atoms with van der Waals surface area (Å²) in [5, 5.41) is 63.7. The quantitative estimate of drug-likeness (QED) is 0.0279. The van der Waals surface area contributed by atoms with Crippen LogP contribution in [0.5, 0.6) is 17.2 Å². The Bertz CT molecular complexity index is 2300. The second-order valence-electron chi connectivity index (χ2n) is 14.2. The summed E-state index contributed by atoms with van der Waals surface area (Å²) in [6.45, 7) is 1.81. The fourth-order valence-electron chi connectivity index (χ4n) is 7.34. The number of aliphatic hydroxyl groups excluding tert-OH is 5. The lowest BCUT2D eigenvalue weighted by atomic mass is 9.77. The Labute approximate surface area is 332 Å². The molecule has 10 N–H and O–H groups in total. The van der Waals surface area contributed by atoms with Gasteiger partial charge in [-0.3, -0.25) is 19.2 Å². The van der Waals surface area contributed by atoms with Crippen molar-refractivity contribution >= 4 is 36.0 Å². The molecule has 0 unspecified atom stereocenters. The molecule has 5 atom stereocenters. The largest absolute Gasteiger partial charge is 0.507 e. The first-order chi connectivity index (χ1) is 27.7. The van der Waals surface area contributed by atoms with Crippen molar-refractivity contribution in [3.05, 3.63) is 121 Å². The number of phenolic OH excluding ortho intramolecular Hbond substituents is 1. The number of hydrogen-bond donors (Lipinski definition) is 8. The fourth-order valence-corrected chi connectivity index (χ4v) is 7.34. The van der Waals surface area contributed by atoms with E-state index in [4.69, 9.17) is 25.7 Å². The normalized spacial score (nSPS) is 20.3. The SMILES string of the molecule is CC(=O)Oc1cc(CO)c2c(c1C=Cc1cccc(CCCO)c1)C(=O)c1cc(O[C@H]3O[C@H](C)[C@@H](O)[C@@H](O)[C@H]3O)c(Cc3cccc(C(N)N)c3C=O)c(O)c1C2=O. The van der Waals surface area contributed by atoms with Gasteiger partial charge in [0.25, 0.3) is 0 Å². The average Bonchev–Trinajstić information content (AvgIpc) is 3.20. The van der Waals surface area contributed by atoms with Crippen molar-refractivity contribution in [1.82, 2.24) is 0 Å².